The van der Waals surface area contributed by atoms with Crippen molar-refractivity contribution in [1.82, 2.24) is 5.32 Å². The lowest BCUT2D eigenvalue weighted by Crippen LogP contribution is -2.44. The minimum Gasteiger partial charge on any atom is -0.396 e. The summed E-state index contributed by atoms with van der Waals surface area (Å²) in [4.78, 5) is 12.0. The van der Waals surface area contributed by atoms with Gasteiger partial charge in [0.25, 0.3) is 5.91 Å². The van der Waals surface area contributed by atoms with Crippen molar-refractivity contribution in [2.45, 2.75) is 25.8 Å². The summed E-state index contributed by atoms with van der Waals surface area (Å²) in [5, 5.41) is 11.6. The number of rotatable bonds is 4. The predicted molar refractivity (Wildman–Crippen MR) is 71.8 cm³/mol. The highest BCUT2D eigenvalue weighted by Crippen LogP contribution is 2.23. The van der Waals surface area contributed by atoms with Gasteiger partial charge in [0.1, 0.15) is 5.82 Å². The number of halogens is 2. The van der Waals surface area contributed by atoms with Crippen molar-refractivity contribution in [2.24, 2.45) is 0 Å². The lowest BCUT2D eigenvalue weighted by Gasteiger charge is -2.25. The maximum atomic E-state index is 13.2. The normalized spacial score (nSPS) is 11.4. The van der Waals surface area contributed by atoms with Crippen LogP contribution in [0.1, 0.15) is 30.6 Å². The number of nitrogens with two attached hydrogens (primary N) is 1. The van der Waals surface area contributed by atoms with Gasteiger partial charge in [-0.15, -0.1) is 0 Å². The molecule has 0 saturated carbocycles. The first-order chi connectivity index (χ1) is 8.26. The summed E-state index contributed by atoms with van der Waals surface area (Å²) in [7, 11) is 0. The van der Waals surface area contributed by atoms with E-state index in [9.17, 15) is 9.18 Å². The largest absolute Gasteiger partial charge is 0.396 e. The Bertz CT molecular complexity index is 464. The smallest absolute Gasteiger partial charge is 0.252 e. The Balaban J connectivity index is 2.95. The van der Waals surface area contributed by atoms with Gasteiger partial charge in [0.2, 0.25) is 0 Å². The molecule has 0 heterocycles. The molecule has 0 fully saturated rings. The first kappa shape index (κ1) is 14.9. The molecule has 6 heteroatoms. The number of amides is 1. The van der Waals surface area contributed by atoms with Crippen LogP contribution >= 0.6 is 15.9 Å². The molecule has 1 amide bonds. The average Bonchev–Trinajstić information content (AvgIpc) is 2.22. The van der Waals surface area contributed by atoms with Gasteiger partial charge in [-0.25, -0.2) is 4.39 Å². The molecule has 0 saturated heterocycles. The first-order valence-corrected chi connectivity index (χ1v) is 6.24. The molecule has 4 nitrogen and oxygen atoms in total. The number of carbonyl (C=O) groups excluding carboxylic acids is 1. The molecular formula is C12H16BrFN2O2. The fourth-order valence-electron chi connectivity index (χ4n) is 1.46. The lowest BCUT2D eigenvalue weighted by atomic mass is 10.0. The minimum absolute atomic E-state index is 0.0278. The molecule has 0 spiro atoms. The van der Waals surface area contributed by atoms with Gasteiger partial charge in [0.05, 0.1) is 11.3 Å². The van der Waals surface area contributed by atoms with Crippen molar-refractivity contribution in [3.05, 3.63) is 28.0 Å². The number of hydrogen-bond donors (Lipinski definition) is 3. The van der Waals surface area contributed by atoms with Crippen LogP contribution < -0.4 is 11.1 Å². The molecule has 0 radical (unpaired) electrons. The quantitative estimate of drug-likeness (QED) is 0.744. The fourth-order valence-corrected chi connectivity index (χ4v) is 1.95. The molecule has 18 heavy (non-hydrogen) atoms. The zero-order valence-corrected chi connectivity index (χ0v) is 11.8. The van der Waals surface area contributed by atoms with Crippen LogP contribution in [-0.2, 0) is 0 Å². The lowest BCUT2D eigenvalue weighted by molar-refractivity contribution is 0.0898. The van der Waals surface area contributed by atoms with E-state index in [1.54, 1.807) is 13.8 Å². The Morgan fingerprint density at radius 1 is 1.56 bits per heavy atom. The molecule has 0 unspecified atom stereocenters. The highest BCUT2D eigenvalue weighted by Gasteiger charge is 2.22. The van der Waals surface area contributed by atoms with Gasteiger partial charge >= 0.3 is 0 Å². The maximum Gasteiger partial charge on any atom is 0.252 e. The van der Waals surface area contributed by atoms with E-state index in [1.807, 2.05) is 0 Å². The Labute approximate surface area is 113 Å². The van der Waals surface area contributed by atoms with E-state index in [2.05, 4.69) is 21.2 Å². The van der Waals surface area contributed by atoms with Crippen LogP contribution in [0.2, 0.25) is 0 Å². The Kier molecular flexibility index (Phi) is 4.70. The number of carbonyl (C=O) groups is 1. The second-order valence-corrected chi connectivity index (χ2v) is 5.52. The molecule has 1 rings (SSSR count). The van der Waals surface area contributed by atoms with Gasteiger partial charge < -0.3 is 16.2 Å². The van der Waals surface area contributed by atoms with Crippen molar-refractivity contribution in [3.8, 4) is 0 Å². The van der Waals surface area contributed by atoms with Gasteiger partial charge in [-0.3, -0.25) is 4.79 Å². The van der Waals surface area contributed by atoms with Crippen LogP contribution in [0.4, 0.5) is 10.1 Å². The molecule has 0 aliphatic carbocycles. The number of hydrogen-bond acceptors (Lipinski definition) is 3. The van der Waals surface area contributed by atoms with E-state index in [4.69, 9.17) is 10.8 Å². The number of anilines is 1. The molecule has 0 aliphatic heterocycles. The summed E-state index contributed by atoms with van der Waals surface area (Å²) >= 11 is 3.12. The first-order valence-electron chi connectivity index (χ1n) is 5.45. The van der Waals surface area contributed by atoms with Crippen LogP contribution in [0.5, 0.6) is 0 Å². The highest BCUT2D eigenvalue weighted by molar-refractivity contribution is 9.10. The topological polar surface area (TPSA) is 75.3 Å². The molecule has 100 valence electrons. The summed E-state index contributed by atoms with van der Waals surface area (Å²) in [6.07, 6.45) is 0.424. The molecule has 0 atom stereocenters. The van der Waals surface area contributed by atoms with Crippen LogP contribution in [-0.4, -0.2) is 23.2 Å². The molecule has 0 bridgehead atoms. The zero-order chi connectivity index (χ0) is 13.9. The molecule has 0 aliphatic rings. The van der Waals surface area contributed by atoms with Crippen molar-refractivity contribution < 1.29 is 14.3 Å². The summed E-state index contributed by atoms with van der Waals surface area (Å²) in [5.74, 6) is -0.944. The van der Waals surface area contributed by atoms with Crippen LogP contribution in [0, 0.1) is 5.82 Å². The Hall–Kier alpha value is -1.14. The van der Waals surface area contributed by atoms with E-state index in [0.717, 1.165) is 6.07 Å². The van der Waals surface area contributed by atoms with E-state index in [1.165, 1.54) is 6.07 Å². The second kappa shape index (κ2) is 5.67. The average molecular weight is 319 g/mol. The Morgan fingerprint density at radius 3 is 2.72 bits per heavy atom. The zero-order valence-electron chi connectivity index (χ0n) is 10.3. The van der Waals surface area contributed by atoms with E-state index in [-0.39, 0.29) is 23.8 Å². The van der Waals surface area contributed by atoms with E-state index in [0.29, 0.717) is 10.9 Å². The SMILES string of the molecule is CC(C)(CCO)NC(=O)c1cc(N)c(F)cc1Br. The molecule has 1 aromatic carbocycles. The van der Waals surface area contributed by atoms with Gasteiger partial charge in [0, 0.05) is 16.6 Å². The van der Waals surface area contributed by atoms with Gasteiger partial charge in [-0.2, -0.15) is 0 Å². The summed E-state index contributed by atoms with van der Waals surface area (Å²) < 4.78 is 13.5. The summed E-state index contributed by atoms with van der Waals surface area (Å²) in [6, 6.07) is 2.44. The summed E-state index contributed by atoms with van der Waals surface area (Å²) in [5.41, 5.74) is 5.07. The number of nitrogens with one attached hydrogen (secondary N) is 1. The fraction of sp³-hybridized carbons (Fsp3) is 0.417. The second-order valence-electron chi connectivity index (χ2n) is 4.67. The molecule has 0 aromatic heterocycles. The molecule has 4 N–H and O–H groups in total. The van der Waals surface area contributed by atoms with E-state index >= 15 is 0 Å². The Morgan fingerprint density at radius 2 is 2.17 bits per heavy atom. The molecular weight excluding hydrogens is 303 g/mol. The number of benzene rings is 1. The third kappa shape index (κ3) is 3.68. The third-order valence-electron chi connectivity index (χ3n) is 2.52. The monoisotopic (exact) mass is 318 g/mol. The van der Waals surface area contributed by atoms with Crippen molar-refractivity contribution in [1.29, 1.82) is 0 Å². The maximum absolute atomic E-state index is 13.2. The van der Waals surface area contributed by atoms with Crippen molar-refractivity contribution in [2.75, 3.05) is 12.3 Å². The number of nitrogen functional groups attached to an aromatic ring is 1. The van der Waals surface area contributed by atoms with Crippen LogP contribution in [0.15, 0.2) is 16.6 Å². The number of aliphatic hydroxyl groups excluding tert-OH is 1. The van der Waals surface area contributed by atoms with Crippen molar-refractivity contribution >= 4 is 27.5 Å². The van der Waals surface area contributed by atoms with Gasteiger partial charge in [-0.1, -0.05) is 0 Å². The predicted octanol–water partition coefficient (Wildman–Crippen LogP) is 2.06. The third-order valence-corrected chi connectivity index (χ3v) is 3.18. The van der Waals surface area contributed by atoms with Gasteiger partial charge in [0.15, 0.2) is 0 Å². The van der Waals surface area contributed by atoms with Crippen LogP contribution in [0.3, 0.4) is 0 Å². The molecule has 1 aromatic rings. The van der Waals surface area contributed by atoms with E-state index < -0.39 is 11.4 Å². The number of aliphatic hydroxyl groups is 1. The minimum atomic E-state index is -0.576. The summed E-state index contributed by atoms with van der Waals surface area (Å²) in [6.45, 7) is 3.56. The van der Waals surface area contributed by atoms with Crippen LogP contribution in [0.25, 0.3) is 0 Å². The highest BCUT2D eigenvalue weighted by atomic mass is 79.9. The standard InChI is InChI=1S/C12H16BrFN2O2/c1-12(2,3-4-17)16-11(18)7-5-10(15)9(14)6-8(7)13/h5-6,17H,3-4,15H2,1-2H3,(H,16,18). The van der Waals surface area contributed by atoms with Gasteiger partial charge in [-0.05, 0) is 48.3 Å². The van der Waals surface area contributed by atoms with Crippen molar-refractivity contribution in [3.63, 3.8) is 0 Å².